The number of aliphatic hydroxyl groups excluding tert-OH is 1. The summed E-state index contributed by atoms with van der Waals surface area (Å²) < 4.78 is 15.5. The smallest absolute Gasteiger partial charge is 0.323 e. The SMILES string of the molecule is CCC(O)c1cnc(N2CCN(C(=O)Nc3nc4ccccc4s3)CC2)c(F)c1. The van der Waals surface area contributed by atoms with Crippen molar-refractivity contribution in [3.05, 3.63) is 47.9 Å². The van der Waals surface area contributed by atoms with Crippen LogP contribution >= 0.6 is 11.3 Å². The fraction of sp³-hybridized carbons (Fsp3) is 0.350. The van der Waals surface area contributed by atoms with Gasteiger partial charge in [0.1, 0.15) is 0 Å². The molecule has 1 unspecified atom stereocenters. The van der Waals surface area contributed by atoms with Crippen LogP contribution in [0.3, 0.4) is 0 Å². The zero-order valence-corrected chi connectivity index (χ0v) is 16.8. The monoisotopic (exact) mass is 415 g/mol. The van der Waals surface area contributed by atoms with Crippen LogP contribution in [0.4, 0.5) is 20.1 Å². The number of rotatable bonds is 4. The van der Waals surface area contributed by atoms with E-state index in [-0.39, 0.29) is 11.8 Å². The van der Waals surface area contributed by atoms with Gasteiger partial charge in [-0.1, -0.05) is 30.4 Å². The molecule has 0 spiro atoms. The van der Waals surface area contributed by atoms with Crippen molar-refractivity contribution in [2.75, 3.05) is 36.4 Å². The number of fused-ring (bicyclic) bond motifs is 1. The summed E-state index contributed by atoms with van der Waals surface area (Å²) in [7, 11) is 0. The third-order valence-corrected chi connectivity index (χ3v) is 5.94. The van der Waals surface area contributed by atoms with E-state index < -0.39 is 11.9 Å². The molecule has 3 heterocycles. The Balaban J connectivity index is 1.37. The molecule has 0 saturated carbocycles. The molecule has 152 valence electrons. The van der Waals surface area contributed by atoms with E-state index in [0.29, 0.717) is 43.3 Å². The van der Waals surface area contributed by atoms with Crippen LogP contribution in [0.5, 0.6) is 0 Å². The zero-order chi connectivity index (χ0) is 20.4. The molecule has 1 aromatic carbocycles. The van der Waals surface area contributed by atoms with Gasteiger partial charge < -0.3 is 14.9 Å². The number of thiazole rings is 1. The highest BCUT2D eigenvalue weighted by atomic mass is 32.1. The van der Waals surface area contributed by atoms with Crippen LogP contribution in [0, 0.1) is 5.82 Å². The summed E-state index contributed by atoms with van der Waals surface area (Å²) in [4.78, 5) is 24.7. The maximum absolute atomic E-state index is 14.5. The number of carbonyl (C=O) groups is 1. The van der Waals surface area contributed by atoms with Gasteiger partial charge in [-0.05, 0) is 24.6 Å². The van der Waals surface area contributed by atoms with Crippen LogP contribution in [-0.2, 0) is 0 Å². The first-order chi connectivity index (χ1) is 14.0. The summed E-state index contributed by atoms with van der Waals surface area (Å²) in [5.74, 6) is -0.203. The molecule has 2 amide bonds. The number of nitrogens with one attached hydrogen (secondary N) is 1. The molecule has 9 heteroatoms. The number of pyridine rings is 1. The fourth-order valence-corrected chi connectivity index (χ4v) is 4.17. The number of amides is 2. The van der Waals surface area contributed by atoms with E-state index in [9.17, 15) is 14.3 Å². The van der Waals surface area contributed by atoms with Crippen molar-refractivity contribution in [2.45, 2.75) is 19.4 Å². The molecule has 1 saturated heterocycles. The molecule has 29 heavy (non-hydrogen) atoms. The summed E-state index contributed by atoms with van der Waals surface area (Å²) in [5.41, 5.74) is 1.33. The van der Waals surface area contributed by atoms with Crippen molar-refractivity contribution >= 4 is 38.5 Å². The Labute approximate surface area is 171 Å². The number of urea groups is 1. The molecule has 0 aliphatic carbocycles. The Bertz CT molecular complexity index is 986. The predicted molar refractivity (Wildman–Crippen MR) is 112 cm³/mol. The summed E-state index contributed by atoms with van der Waals surface area (Å²) in [6, 6.07) is 8.85. The number of aliphatic hydroxyl groups is 1. The molecule has 0 radical (unpaired) electrons. The van der Waals surface area contributed by atoms with Crippen LogP contribution in [0.25, 0.3) is 10.2 Å². The summed E-state index contributed by atoms with van der Waals surface area (Å²) in [6.45, 7) is 3.70. The second kappa shape index (κ2) is 8.30. The highest BCUT2D eigenvalue weighted by Gasteiger charge is 2.24. The van der Waals surface area contributed by atoms with Crippen LogP contribution in [0.1, 0.15) is 25.0 Å². The standard InChI is InChI=1S/C20H22FN5O2S/c1-2-16(27)13-11-14(21)18(22-12-13)25-7-9-26(10-8-25)20(28)24-19-23-15-5-3-4-6-17(15)29-19/h3-6,11-12,16,27H,2,7-10H2,1H3,(H,23,24,28). The first kappa shape index (κ1) is 19.5. The number of hydrogen-bond donors (Lipinski definition) is 2. The van der Waals surface area contributed by atoms with Gasteiger partial charge in [0, 0.05) is 37.9 Å². The highest BCUT2D eigenvalue weighted by molar-refractivity contribution is 7.22. The molecule has 0 bridgehead atoms. The first-order valence-corrected chi connectivity index (χ1v) is 10.4. The molecule has 2 N–H and O–H groups in total. The average Bonchev–Trinajstić information content (AvgIpc) is 3.15. The van der Waals surface area contributed by atoms with Crippen molar-refractivity contribution in [1.29, 1.82) is 0 Å². The molecular formula is C20H22FN5O2S. The molecule has 4 rings (SSSR count). The number of benzene rings is 1. The van der Waals surface area contributed by atoms with E-state index in [1.807, 2.05) is 36.1 Å². The van der Waals surface area contributed by atoms with Gasteiger partial charge in [0.05, 0.1) is 16.3 Å². The van der Waals surface area contributed by atoms with Crippen molar-refractivity contribution in [3.63, 3.8) is 0 Å². The lowest BCUT2D eigenvalue weighted by molar-refractivity contribution is 0.173. The van der Waals surface area contributed by atoms with E-state index in [4.69, 9.17) is 0 Å². The number of halogens is 1. The summed E-state index contributed by atoms with van der Waals surface area (Å²) in [5, 5.41) is 13.3. The van der Waals surface area contributed by atoms with Gasteiger partial charge in [-0.15, -0.1) is 0 Å². The van der Waals surface area contributed by atoms with Crippen LogP contribution in [-0.4, -0.2) is 52.2 Å². The lowest BCUT2D eigenvalue weighted by Gasteiger charge is -2.35. The Kier molecular flexibility index (Phi) is 5.59. The van der Waals surface area contributed by atoms with Gasteiger partial charge in [-0.2, -0.15) is 0 Å². The van der Waals surface area contributed by atoms with Gasteiger partial charge in [-0.3, -0.25) is 5.32 Å². The Morgan fingerprint density at radius 1 is 1.31 bits per heavy atom. The molecule has 2 aromatic heterocycles. The van der Waals surface area contributed by atoms with Crippen molar-refractivity contribution in [2.24, 2.45) is 0 Å². The van der Waals surface area contributed by atoms with Crippen molar-refractivity contribution in [1.82, 2.24) is 14.9 Å². The van der Waals surface area contributed by atoms with E-state index >= 15 is 0 Å². The highest BCUT2D eigenvalue weighted by Crippen LogP contribution is 2.26. The second-order valence-electron chi connectivity index (χ2n) is 6.89. The van der Waals surface area contributed by atoms with E-state index in [1.165, 1.54) is 23.6 Å². The van der Waals surface area contributed by atoms with Crippen LogP contribution < -0.4 is 10.2 Å². The zero-order valence-electron chi connectivity index (χ0n) is 16.0. The minimum atomic E-state index is -0.714. The third-order valence-electron chi connectivity index (χ3n) is 4.99. The maximum Gasteiger partial charge on any atom is 0.323 e. The number of carbonyl (C=O) groups excluding carboxylic acids is 1. The quantitative estimate of drug-likeness (QED) is 0.680. The lowest BCUT2D eigenvalue weighted by Crippen LogP contribution is -2.50. The van der Waals surface area contributed by atoms with Gasteiger partial charge in [0.2, 0.25) is 0 Å². The Morgan fingerprint density at radius 3 is 2.76 bits per heavy atom. The molecule has 1 fully saturated rings. The Morgan fingerprint density at radius 2 is 2.07 bits per heavy atom. The molecule has 3 aromatic rings. The van der Waals surface area contributed by atoms with Gasteiger partial charge >= 0.3 is 6.03 Å². The van der Waals surface area contributed by atoms with Crippen molar-refractivity contribution in [3.8, 4) is 0 Å². The summed E-state index contributed by atoms with van der Waals surface area (Å²) in [6.07, 6.45) is 1.30. The molecular weight excluding hydrogens is 393 g/mol. The van der Waals surface area contributed by atoms with E-state index in [1.54, 1.807) is 4.90 Å². The van der Waals surface area contributed by atoms with E-state index in [0.717, 1.165) is 10.2 Å². The maximum atomic E-state index is 14.5. The normalized spacial score (nSPS) is 15.6. The Hall–Kier alpha value is -2.78. The number of piperazine rings is 1. The largest absolute Gasteiger partial charge is 0.388 e. The van der Waals surface area contributed by atoms with Gasteiger partial charge in [0.15, 0.2) is 16.8 Å². The number of hydrogen-bond acceptors (Lipinski definition) is 6. The first-order valence-electron chi connectivity index (χ1n) is 9.55. The lowest BCUT2D eigenvalue weighted by atomic mass is 10.1. The minimum absolute atomic E-state index is 0.210. The molecule has 1 aliphatic rings. The molecule has 1 atom stereocenters. The second-order valence-corrected chi connectivity index (χ2v) is 7.92. The molecule has 7 nitrogen and oxygen atoms in total. The minimum Gasteiger partial charge on any atom is -0.388 e. The van der Waals surface area contributed by atoms with Gasteiger partial charge in [0.25, 0.3) is 0 Å². The van der Waals surface area contributed by atoms with Gasteiger partial charge in [-0.25, -0.2) is 19.2 Å². The topological polar surface area (TPSA) is 81.6 Å². The number of aromatic nitrogens is 2. The fourth-order valence-electron chi connectivity index (χ4n) is 3.31. The van der Waals surface area contributed by atoms with Crippen molar-refractivity contribution < 1.29 is 14.3 Å². The van der Waals surface area contributed by atoms with Crippen LogP contribution in [0.15, 0.2) is 36.5 Å². The molecule has 1 aliphatic heterocycles. The van der Waals surface area contributed by atoms with Crippen LogP contribution in [0.2, 0.25) is 0 Å². The number of nitrogens with zero attached hydrogens (tertiary/aromatic N) is 4. The average molecular weight is 415 g/mol. The van der Waals surface area contributed by atoms with E-state index in [2.05, 4.69) is 15.3 Å². The predicted octanol–water partition coefficient (Wildman–Crippen LogP) is 3.63. The number of para-hydroxylation sites is 1. The number of anilines is 2. The third kappa shape index (κ3) is 4.15. The summed E-state index contributed by atoms with van der Waals surface area (Å²) >= 11 is 1.43.